The number of hydrogen-bond acceptors (Lipinski definition) is 2. The summed E-state index contributed by atoms with van der Waals surface area (Å²) >= 11 is 5.89. The molecule has 0 aliphatic rings. The molecule has 2 aromatic carbocycles. The number of aromatic nitrogens is 1. The molecule has 124 valence electrons. The summed E-state index contributed by atoms with van der Waals surface area (Å²) in [6, 6.07) is 15.2. The van der Waals surface area contributed by atoms with Crippen molar-refractivity contribution in [2.75, 3.05) is 0 Å². The molecule has 5 heteroatoms. The van der Waals surface area contributed by atoms with Gasteiger partial charge in [0.1, 0.15) is 12.4 Å². The minimum absolute atomic E-state index is 0.0992. The number of fused-ring (bicyclic) bond motifs is 1. The van der Waals surface area contributed by atoms with E-state index in [0.717, 1.165) is 27.9 Å². The molecule has 0 radical (unpaired) electrons. The van der Waals surface area contributed by atoms with Crippen LogP contribution in [0.5, 0.6) is 5.75 Å². The number of carbonyl (C=O) groups is 1. The van der Waals surface area contributed by atoms with Crippen LogP contribution in [0.25, 0.3) is 10.9 Å². The molecule has 1 N–H and O–H groups in total. The number of ether oxygens (including phenoxy) is 1. The number of para-hydroxylation sites is 1. The molecule has 0 bridgehead atoms. The van der Waals surface area contributed by atoms with Gasteiger partial charge in [0, 0.05) is 29.4 Å². The molecule has 0 saturated heterocycles. The second kappa shape index (κ2) is 6.97. The zero-order valence-corrected chi connectivity index (χ0v) is 14.1. The Morgan fingerprint density at radius 1 is 1.17 bits per heavy atom. The summed E-state index contributed by atoms with van der Waals surface area (Å²) in [5, 5.41) is 10.8. The fraction of sp³-hybridized carbons (Fsp3) is 0.211. The number of halogens is 1. The molecule has 3 aromatic rings. The Morgan fingerprint density at radius 3 is 2.58 bits per heavy atom. The van der Waals surface area contributed by atoms with Gasteiger partial charge in [-0.3, -0.25) is 4.79 Å². The Bertz CT molecular complexity index is 868. The van der Waals surface area contributed by atoms with Gasteiger partial charge in [-0.15, -0.1) is 0 Å². The van der Waals surface area contributed by atoms with Crippen molar-refractivity contribution in [1.82, 2.24) is 4.57 Å². The van der Waals surface area contributed by atoms with Gasteiger partial charge in [0.05, 0.1) is 5.69 Å². The lowest BCUT2D eigenvalue weighted by atomic mass is 10.1. The smallest absolute Gasteiger partial charge is 0.303 e. The van der Waals surface area contributed by atoms with E-state index in [1.807, 2.05) is 43.4 Å². The molecule has 1 aromatic heterocycles. The van der Waals surface area contributed by atoms with Crippen molar-refractivity contribution in [3.05, 3.63) is 64.8 Å². The summed E-state index contributed by atoms with van der Waals surface area (Å²) in [4.78, 5) is 11.0. The van der Waals surface area contributed by atoms with Gasteiger partial charge in [-0.25, -0.2) is 0 Å². The van der Waals surface area contributed by atoms with Crippen LogP contribution in [0, 0.1) is 0 Å². The van der Waals surface area contributed by atoms with Crippen LogP contribution in [-0.4, -0.2) is 15.6 Å². The maximum absolute atomic E-state index is 11.0. The first kappa shape index (κ1) is 16.4. The van der Waals surface area contributed by atoms with E-state index in [0.29, 0.717) is 18.1 Å². The molecule has 0 saturated carbocycles. The van der Waals surface area contributed by atoms with Crippen LogP contribution in [0.2, 0.25) is 5.02 Å². The van der Waals surface area contributed by atoms with E-state index in [9.17, 15) is 4.79 Å². The zero-order valence-electron chi connectivity index (χ0n) is 13.3. The second-order valence-electron chi connectivity index (χ2n) is 5.64. The monoisotopic (exact) mass is 343 g/mol. The molecular formula is C19H18ClNO3. The second-order valence-corrected chi connectivity index (χ2v) is 6.07. The summed E-state index contributed by atoms with van der Waals surface area (Å²) in [6.07, 6.45) is 0.581. The van der Waals surface area contributed by atoms with Crippen molar-refractivity contribution in [3.8, 4) is 5.75 Å². The normalized spacial score (nSPS) is 10.9. The van der Waals surface area contributed by atoms with Crippen LogP contribution < -0.4 is 4.74 Å². The number of nitrogens with zero attached hydrogens (tertiary/aromatic N) is 1. The number of hydrogen-bond donors (Lipinski definition) is 1. The lowest BCUT2D eigenvalue weighted by Gasteiger charge is -2.10. The molecule has 1 heterocycles. The van der Waals surface area contributed by atoms with Gasteiger partial charge in [0.15, 0.2) is 0 Å². The number of aliphatic carboxylic acids is 1. The first-order valence-corrected chi connectivity index (χ1v) is 8.09. The summed E-state index contributed by atoms with van der Waals surface area (Å²) in [5.74, 6) is -0.0682. The highest BCUT2D eigenvalue weighted by Gasteiger charge is 2.16. The van der Waals surface area contributed by atoms with Gasteiger partial charge < -0.3 is 14.4 Å². The Morgan fingerprint density at radius 2 is 1.88 bits per heavy atom. The average molecular weight is 344 g/mol. The third kappa shape index (κ3) is 3.39. The Balaban J connectivity index is 1.92. The Hall–Kier alpha value is -2.46. The zero-order chi connectivity index (χ0) is 17.1. The summed E-state index contributed by atoms with van der Waals surface area (Å²) < 4.78 is 7.95. The third-order valence-corrected chi connectivity index (χ3v) is 4.37. The van der Waals surface area contributed by atoms with Crippen LogP contribution in [0.3, 0.4) is 0 Å². The Kier molecular flexibility index (Phi) is 4.76. The quantitative estimate of drug-likeness (QED) is 0.720. The number of carboxylic acid groups (broad SMARTS) is 1. The topological polar surface area (TPSA) is 51.5 Å². The highest BCUT2D eigenvalue weighted by molar-refractivity contribution is 6.30. The van der Waals surface area contributed by atoms with Gasteiger partial charge in [-0.1, -0.05) is 29.8 Å². The van der Waals surface area contributed by atoms with E-state index in [2.05, 4.69) is 4.57 Å². The maximum Gasteiger partial charge on any atom is 0.303 e. The first-order chi connectivity index (χ1) is 11.6. The number of aryl methyl sites for hydroxylation is 2. The van der Waals surface area contributed by atoms with E-state index in [4.69, 9.17) is 21.4 Å². The van der Waals surface area contributed by atoms with Crippen molar-refractivity contribution < 1.29 is 14.6 Å². The Labute approximate surface area is 145 Å². The van der Waals surface area contributed by atoms with Crippen LogP contribution in [0.4, 0.5) is 0 Å². The molecule has 0 atom stereocenters. The molecule has 0 aliphatic carbocycles. The van der Waals surface area contributed by atoms with E-state index < -0.39 is 5.97 Å². The van der Waals surface area contributed by atoms with Gasteiger partial charge >= 0.3 is 5.97 Å². The minimum atomic E-state index is -0.799. The fourth-order valence-electron chi connectivity index (χ4n) is 2.90. The molecule has 0 unspecified atom stereocenters. The van der Waals surface area contributed by atoms with Gasteiger partial charge in [0.2, 0.25) is 0 Å². The molecule has 0 amide bonds. The summed E-state index contributed by atoms with van der Waals surface area (Å²) in [7, 11) is 1.98. The standard InChI is InChI=1S/C19H18ClNO3/c1-21-17-5-3-2-4-15(17)16(10-11-19(22)23)18(21)12-24-14-8-6-13(20)7-9-14/h2-9H,10-12H2,1H3,(H,22,23). The highest BCUT2D eigenvalue weighted by Crippen LogP contribution is 2.28. The molecule has 3 rings (SSSR count). The SMILES string of the molecule is Cn1c(COc2ccc(Cl)cc2)c(CCC(=O)O)c2ccccc21. The van der Waals surface area contributed by atoms with Crippen molar-refractivity contribution in [3.63, 3.8) is 0 Å². The van der Waals surface area contributed by atoms with E-state index in [1.165, 1.54) is 0 Å². The van der Waals surface area contributed by atoms with Crippen molar-refractivity contribution in [2.24, 2.45) is 7.05 Å². The predicted octanol–water partition coefficient (Wildman–Crippen LogP) is 4.43. The van der Waals surface area contributed by atoms with Crippen molar-refractivity contribution >= 4 is 28.5 Å². The third-order valence-electron chi connectivity index (χ3n) is 4.12. The van der Waals surface area contributed by atoms with Gasteiger partial charge in [-0.05, 0) is 42.3 Å². The van der Waals surface area contributed by atoms with Crippen molar-refractivity contribution in [1.29, 1.82) is 0 Å². The van der Waals surface area contributed by atoms with E-state index in [-0.39, 0.29) is 6.42 Å². The minimum Gasteiger partial charge on any atom is -0.487 e. The van der Waals surface area contributed by atoms with E-state index >= 15 is 0 Å². The number of rotatable bonds is 6. The molecule has 0 fully saturated rings. The lowest BCUT2D eigenvalue weighted by molar-refractivity contribution is -0.136. The van der Waals surface area contributed by atoms with Gasteiger partial charge in [-0.2, -0.15) is 0 Å². The van der Waals surface area contributed by atoms with Crippen LogP contribution >= 0.6 is 11.6 Å². The van der Waals surface area contributed by atoms with Crippen molar-refractivity contribution in [2.45, 2.75) is 19.4 Å². The maximum atomic E-state index is 11.0. The van der Waals surface area contributed by atoms with Crippen LogP contribution in [0.15, 0.2) is 48.5 Å². The molecule has 0 spiro atoms. The fourth-order valence-corrected chi connectivity index (χ4v) is 3.03. The van der Waals surface area contributed by atoms with Crippen LogP contribution in [0.1, 0.15) is 17.7 Å². The largest absolute Gasteiger partial charge is 0.487 e. The van der Waals surface area contributed by atoms with E-state index in [1.54, 1.807) is 12.1 Å². The average Bonchev–Trinajstić information content (AvgIpc) is 2.85. The number of carboxylic acids is 1. The first-order valence-electron chi connectivity index (χ1n) is 7.71. The predicted molar refractivity (Wildman–Crippen MR) is 94.7 cm³/mol. The molecule has 0 aliphatic heterocycles. The lowest BCUT2D eigenvalue weighted by Crippen LogP contribution is -2.06. The molecular weight excluding hydrogens is 326 g/mol. The highest BCUT2D eigenvalue weighted by atomic mass is 35.5. The summed E-state index contributed by atoms with van der Waals surface area (Å²) in [6.45, 7) is 0.377. The molecule has 24 heavy (non-hydrogen) atoms. The van der Waals surface area contributed by atoms with Crippen LogP contribution in [-0.2, 0) is 24.9 Å². The number of benzene rings is 2. The summed E-state index contributed by atoms with van der Waals surface area (Å²) in [5.41, 5.74) is 3.10. The molecule has 4 nitrogen and oxygen atoms in total. The van der Waals surface area contributed by atoms with Gasteiger partial charge in [0.25, 0.3) is 0 Å².